The van der Waals surface area contributed by atoms with E-state index in [-0.39, 0.29) is 28.9 Å². The van der Waals surface area contributed by atoms with Crippen LogP contribution in [0.5, 0.6) is 0 Å². The van der Waals surface area contributed by atoms with Gasteiger partial charge < -0.3 is 10.5 Å². The molecule has 0 radical (unpaired) electrons. The molecule has 1 aliphatic rings. The van der Waals surface area contributed by atoms with Gasteiger partial charge in [-0.05, 0) is 31.0 Å². The molecule has 1 aromatic rings. The summed E-state index contributed by atoms with van der Waals surface area (Å²) in [5.74, 6) is -0.558. The first-order valence-corrected chi connectivity index (χ1v) is 7.83. The highest BCUT2D eigenvalue weighted by molar-refractivity contribution is 7.89. The molecule has 0 aliphatic carbocycles. The number of rotatable bonds is 3. The molecule has 1 aliphatic heterocycles. The van der Waals surface area contributed by atoms with E-state index in [9.17, 15) is 13.2 Å². The number of methoxy groups -OCH3 is 1. The summed E-state index contributed by atoms with van der Waals surface area (Å²) in [5.41, 5.74) is 6.04. The Bertz CT molecular complexity index is 606. The molecule has 8 heteroatoms. The third-order valence-corrected chi connectivity index (χ3v) is 5.17. The van der Waals surface area contributed by atoms with Gasteiger partial charge in [-0.3, -0.25) is 0 Å². The van der Waals surface area contributed by atoms with Crippen LogP contribution < -0.4 is 5.73 Å². The fourth-order valence-electron chi connectivity index (χ4n) is 2.24. The molecule has 0 spiro atoms. The van der Waals surface area contributed by atoms with Crippen LogP contribution in [-0.4, -0.2) is 44.9 Å². The van der Waals surface area contributed by atoms with Crippen LogP contribution in [0.25, 0.3) is 0 Å². The number of carbonyl (C=O) groups excluding carboxylic acids is 1. The predicted molar refractivity (Wildman–Crippen MR) is 81.0 cm³/mol. The Kier molecular flexibility index (Phi) is 6.15. The molecule has 0 aromatic heterocycles. The highest BCUT2D eigenvalue weighted by atomic mass is 35.5. The lowest BCUT2D eigenvalue weighted by Crippen LogP contribution is -2.45. The minimum absolute atomic E-state index is 0. The van der Waals surface area contributed by atoms with E-state index in [1.54, 1.807) is 0 Å². The first-order valence-electron chi connectivity index (χ1n) is 6.39. The summed E-state index contributed by atoms with van der Waals surface area (Å²) >= 11 is 0. The van der Waals surface area contributed by atoms with E-state index in [1.807, 2.05) is 0 Å². The zero-order chi connectivity index (χ0) is 14.8. The number of piperidine rings is 1. The average Bonchev–Trinajstić information content (AvgIpc) is 2.46. The standard InChI is InChI=1S/C13H18N2O4S.ClH/c1-19-13(16)10-4-2-6-12(8-10)20(17,18)15-7-3-5-11(14)9-15;/h2,4,6,8,11H,3,5,7,9,14H2,1H3;1H. The minimum Gasteiger partial charge on any atom is -0.465 e. The molecule has 21 heavy (non-hydrogen) atoms. The number of hydrogen-bond donors (Lipinski definition) is 1. The predicted octanol–water partition coefficient (Wildman–Crippen LogP) is 1.01. The van der Waals surface area contributed by atoms with Gasteiger partial charge in [0.05, 0.1) is 17.6 Å². The fraction of sp³-hybridized carbons (Fsp3) is 0.462. The number of benzene rings is 1. The molecule has 0 saturated carbocycles. The molecular formula is C13H19ClN2O4S. The number of nitrogens with two attached hydrogens (primary N) is 1. The molecule has 1 unspecified atom stereocenters. The molecule has 2 N–H and O–H groups in total. The van der Waals surface area contributed by atoms with Crippen LogP contribution in [0.3, 0.4) is 0 Å². The molecule has 6 nitrogen and oxygen atoms in total. The summed E-state index contributed by atoms with van der Waals surface area (Å²) in [6.07, 6.45) is 1.57. The van der Waals surface area contributed by atoms with Gasteiger partial charge in [-0.2, -0.15) is 4.31 Å². The van der Waals surface area contributed by atoms with Crippen LogP contribution in [-0.2, 0) is 14.8 Å². The molecule has 1 saturated heterocycles. The number of carbonyl (C=O) groups is 1. The third-order valence-electron chi connectivity index (χ3n) is 3.31. The zero-order valence-corrected chi connectivity index (χ0v) is 13.3. The summed E-state index contributed by atoms with van der Waals surface area (Å²) in [7, 11) is -2.36. The van der Waals surface area contributed by atoms with E-state index in [2.05, 4.69) is 4.74 Å². The van der Waals surface area contributed by atoms with Gasteiger partial charge in [0.15, 0.2) is 0 Å². The first kappa shape index (κ1) is 17.9. The van der Waals surface area contributed by atoms with Gasteiger partial charge in [0.25, 0.3) is 0 Å². The fourth-order valence-corrected chi connectivity index (χ4v) is 3.82. The lowest BCUT2D eigenvalue weighted by molar-refractivity contribution is 0.0600. The number of esters is 1. The maximum Gasteiger partial charge on any atom is 0.337 e. The van der Waals surface area contributed by atoms with Crippen LogP contribution >= 0.6 is 12.4 Å². The Morgan fingerprint density at radius 3 is 2.76 bits per heavy atom. The Labute approximate surface area is 130 Å². The highest BCUT2D eigenvalue weighted by Crippen LogP contribution is 2.21. The van der Waals surface area contributed by atoms with Crippen LogP contribution in [0, 0.1) is 0 Å². The molecule has 0 amide bonds. The SMILES string of the molecule is COC(=O)c1cccc(S(=O)(=O)N2CCCC(N)C2)c1.Cl. The van der Waals surface area contributed by atoms with E-state index in [0.29, 0.717) is 13.1 Å². The van der Waals surface area contributed by atoms with Gasteiger partial charge in [0.2, 0.25) is 10.0 Å². The second-order valence-corrected chi connectivity index (χ2v) is 6.72. The Morgan fingerprint density at radius 1 is 1.43 bits per heavy atom. The van der Waals surface area contributed by atoms with Crippen molar-refractivity contribution in [1.82, 2.24) is 4.31 Å². The van der Waals surface area contributed by atoms with Crippen LogP contribution in [0.4, 0.5) is 0 Å². The Hall–Kier alpha value is -1.15. The monoisotopic (exact) mass is 334 g/mol. The van der Waals surface area contributed by atoms with Gasteiger partial charge in [-0.15, -0.1) is 12.4 Å². The minimum atomic E-state index is -3.61. The first-order chi connectivity index (χ1) is 9.45. The number of nitrogens with zero attached hydrogens (tertiary/aromatic N) is 1. The van der Waals surface area contributed by atoms with Crippen molar-refractivity contribution in [1.29, 1.82) is 0 Å². The largest absolute Gasteiger partial charge is 0.465 e. The molecular weight excluding hydrogens is 316 g/mol. The molecule has 1 fully saturated rings. The van der Waals surface area contributed by atoms with Crippen molar-refractivity contribution in [2.75, 3.05) is 20.2 Å². The van der Waals surface area contributed by atoms with E-state index in [1.165, 1.54) is 35.7 Å². The van der Waals surface area contributed by atoms with Gasteiger partial charge in [-0.25, -0.2) is 13.2 Å². The normalized spacial score (nSPS) is 19.6. The number of sulfonamides is 1. The summed E-state index contributed by atoms with van der Waals surface area (Å²) in [6, 6.07) is 5.72. The van der Waals surface area contributed by atoms with Crippen molar-refractivity contribution in [2.45, 2.75) is 23.8 Å². The molecule has 2 rings (SSSR count). The number of hydrogen-bond acceptors (Lipinski definition) is 5. The highest BCUT2D eigenvalue weighted by Gasteiger charge is 2.29. The molecule has 1 atom stereocenters. The quantitative estimate of drug-likeness (QED) is 0.833. The lowest BCUT2D eigenvalue weighted by Gasteiger charge is -2.29. The summed E-state index contributed by atoms with van der Waals surface area (Å²) < 4.78 is 31.0. The number of halogens is 1. The van der Waals surface area contributed by atoms with E-state index < -0.39 is 16.0 Å². The van der Waals surface area contributed by atoms with Gasteiger partial charge in [0.1, 0.15) is 0 Å². The van der Waals surface area contributed by atoms with Crippen molar-refractivity contribution in [3.63, 3.8) is 0 Å². The lowest BCUT2D eigenvalue weighted by atomic mass is 10.1. The smallest absolute Gasteiger partial charge is 0.337 e. The summed E-state index contributed by atoms with van der Waals surface area (Å²) in [5, 5.41) is 0. The zero-order valence-electron chi connectivity index (χ0n) is 11.7. The van der Waals surface area contributed by atoms with Crippen molar-refractivity contribution in [2.24, 2.45) is 5.73 Å². The van der Waals surface area contributed by atoms with Gasteiger partial charge in [-0.1, -0.05) is 6.07 Å². The van der Waals surface area contributed by atoms with Crippen LogP contribution in [0.15, 0.2) is 29.2 Å². The Balaban J connectivity index is 0.00000220. The molecule has 118 valence electrons. The maximum absolute atomic E-state index is 12.5. The topological polar surface area (TPSA) is 89.7 Å². The van der Waals surface area contributed by atoms with Gasteiger partial charge in [0, 0.05) is 19.1 Å². The molecule has 1 heterocycles. The van der Waals surface area contributed by atoms with Crippen molar-refractivity contribution < 1.29 is 17.9 Å². The number of ether oxygens (including phenoxy) is 1. The van der Waals surface area contributed by atoms with E-state index in [0.717, 1.165) is 12.8 Å². The molecule has 0 bridgehead atoms. The van der Waals surface area contributed by atoms with Crippen molar-refractivity contribution in [3.05, 3.63) is 29.8 Å². The second-order valence-electron chi connectivity index (χ2n) is 4.78. The molecule has 1 aromatic carbocycles. The van der Waals surface area contributed by atoms with Crippen molar-refractivity contribution >= 4 is 28.4 Å². The van der Waals surface area contributed by atoms with Crippen molar-refractivity contribution in [3.8, 4) is 0 Å². The van der Waals surface area contributed by atoms with Crippen LogP contribution in [0.1, 0.15) is 23.2 Å². The second kappa shape index (κ2) is 7.22. The summed E-state index contributed by atoms with van der Waals surface area (Å²) in [6.45, 7) is 0.767. The van der Waals surface area contributed by atoms with E-state index in [4.69, 9.17) is 5.73 Å². The maximum atomic E-state index is 12.5. The average molecular weight is 335 g/mol. The van der Waals surface area contributed by atoms with Crippen LogP contribution in [0.2, 0.25) is 0 Å². The van der Waals surface area contributed by atoms with Gasteiger partial charge >= 0.3 is 5.97 Å². The Morgan fingerprint density at radius 2 is 2.14 bits per heavy atom. The summed E-state index contributed by atoms with van der Waals surface area (Å²) in [4.78, 5) is 11.6. The van der Waals surface area contributed by atoms with E-state index >= 15 is 0 Å². The third kappa shape index (κ3) is 3.94.